The maximum atomic E-state index is 12.5. The number of nitrogens with zero attached hydrogens (tertiary/aromatic N) is 5. The van der Waals surface area contributed by atoms with E-state index in [-0.39, 0.29) is 17.6 Å². The lowest BCUT2D eigenvalue weighted by molar-refractivity contribution is -0.113. The molecule has 1 aliphatic carbocycles. The molecule has 31 heavy (non-hydrogen) atoms. The summed E-state index contributed by atoms with van der Waals surface area (Å²) in [5.41, 5.74) is 1.31. The molecule has 2 aliphatic rings. The lowest BCUT2D eigenvalue weighted by atomic mass is 10.2. The number of benzene rings is 1. The Kier molecular flexibility index (Phi) is 6.80. The molecule has 9 heteroatoms. The van der Waals surface area contributed by atoms with Crippen LogP contribution in [-0.2, 0) is 4.79 Å². The summed E-state index contributed by atoms with van der Waals surface area (Å²) in [6.45, 7) is 7.34. The van der Waals surface area contributed by atoms with Gasteiger partial charge in [0.2, 0.25) is 11.9 Å². The smallest absolute Gasteiger partial charge is 0.253 e. The predicted molar refractivity (Wildman–Crippen MR) is 123 cm³/mol. The van der Waals surface area contributed by atoms with Crippen molar-refractivity contribution in [3.63, 3.8) is 0 Å². The van der Waals surface area contributed by atoms with Crippen molar-refractivity contribution in [2.24, 2.45) is 0 Å². The molecule has 1 saturated carbocycles. The average Bonchev–Trinajstić information content (AvgIpc) is 3.30. The third-order valence-corrected chi connectivity index (χ3v) is 6.69. The maximum Gasteiger partial charge on any atom is 0.253 e. The first-order valence-corrected chi connectivity index (χ1v) is 12.1. The number of hydrogen-bond donors (Lipinski definition) is 1. The highest BCUT2D eigenvalue weighted by atomic mass is 32.2. The molecule has 1 saturated heterocycles. The van der Waals surface area contributed by atoms with E-state index in [2.05, 4.69) is 25.0 Å². The molecule has 0 bridgehead atoms. The fourth-order valence-electron chi connectivity index (χ4n) is 3.87. The summed E-state index contributed by atoms with van der Waals surface area (Å²) in [4.78, 5) is 29.0. The highest BCUT2D eigenvalue weighted by molar-refractivity contribution is 7.99. The van der Waals surface area contributed by atoms with Crippen molar-refractivity contribution in [2.75, 3.05) is 42.1 Å². The lowest BCUT2D eigenvalue weighted by Gasteiger charge is -2.18. The van der Waals surface area contributed by atoms with Crippen molar-refractivity contribution in [1.29, 1.82) is 0 Å². The molecule has 1 N–H and O–H groups in total. The van der Waals surface area contributed by atoms with Gasteiger partial charge in [-0.15, -0.1) is 10.2 Å². The second-order valence-corrected chi connectivity index (χ2v) is 8.91. The topological polar surface area (TPSA) is 83.4 Å². The van der Waals surface area contributed by atoms with E-state index >= 15 is 0 Å². The van der Waals surface area contributed by atoms with E-state index in [9.17, 15) is 9.59 Å². The van der Waals surface area contributed by atoms with Gasteiger partial charge in [-0.25, -0.2) is 0 Å². The van der Waals surface area contributed by atoms with Gasteiger partial charge in [0, 0.05) is 43.5 Å². The van der Waals surface area contributed by atoms with E-state index in [0.29, 0.717) is 30.4 Å². The first kappa shape index (κ1) is 21.7. The molecular formula is C22H30N6O2S. The first-order chi connectivity index (χ1) is 15.1. The van der Waals surface area contributed by atoms with Crippen LogP contribution in [0.3, 0.4) is 0 Å². The normalized spacial score (nSPS) is 15.9. The van der Waals surface area contributed by atoms with Crippen LogP contribution in [0.15, 0.2) is 29.4 Å². The number of nitrogens with one attached hydrogen (secondary N) is 1. The Balaban J connectivity index is 1.34. The largest absolute Gasteiger partial charge is 0.341 e. The molecular weight excluding hydrogens is 412 g/mol. The zero-order valence-corrected chi connectivity index (χ0v) is 19.0. The Hall–Kier alpha value is -2.55. The van der Waals surface area contributed by atoms with Crippen LogP contribution in [0, 0.1) is 0 Å². The van der Waals surface area contributed by atoms with Gasteiger partial charge >= 0.3 is 0 Å². The summed E-state index contributed by atoms with van der Waals surface area (Å²) in [6.07, 6.45) is 4.69. The van der Waals surface area contributed by atoms with E-state index < -0.39 is 0 Å². The standard InChI is InChI=1S/C22H30N6O2S/c1-3-26(4-2)20(30)16-7-9-17(10-8-16)23-19(29)15-31-22-25-24-21(27-13-5-6-14-27)28(22)18-11-12-18/h7-10,18H,3-6,11-15H2,1-2H3,(H,23,29). The van der Waals surface area contributed by atoms with E-state index in [1.165, 1.54) is 24.6 Å². The van der Waals surface area contributed by atoms with Gasteiger partial charge in [-0.3, -0.25) is 14.2 Å². The van der Waals surface area contributed by atoms with Crippen LogP contribution in [-0.4, -0.2) is 63.4 Å². The highest BCUT2D eigenvalue weighted by Gasteiger charge is 2.32. The summed E-state index contributed by atoms with van der Waals surface area (Å²) in [7, 11) is 0. The number of aromatic nitrogens is 3. The number of thioether (sulfide) groups is 1. The van der Waals surface area contributed by atoms with Gasteiger partial charge in [0.25, 0.3) is 5.91 Å². The van der Waals surface area contributed by atoms with Crippen LogP contribution in [0.1, 0.15) is 55.9 Å². The van der Waals surface area contributed by atoms with Crippen LogP contribution >= 0.6 is 11.8 Å². The number of carbonyl (C=O) groups excluding carboxylic acids is 2. The van der Waals surface area contributed by atoms with E-state index in [1.54, 1.807) is 29.2 Å². The van der Waals surface area contributed by atoms with Crippen molar-refractivity contribution in [1.82, 2.24) is 19.7 Å². The van der Waals surface area contributed by atoms with E-state index in [0.717, 1.165) is 37.0 Å². The van der Waals surface area contributed by atoms with Crippen LogP contribution in [0.25, 0.3) is 0 Å². The van der Waals surface area contributed by atoms with Gasteiger partial charge in [-0.2, -0.15) is 0 Å². The van der Waals surface area contributed by atoms with E-state index in [1.807, 2.05) is 13.8 Å². The molecule has 2 fully saturated rings. The third kappa shape index (κ3) is 5.03. The van der Waals surface area contributed by atoms with Crippen LogP contribution in [0.2, 0.25) is 0 Å². The van der Waals surface area contributed by atoms with Gasteiger partial charge < -0.3 is 15.1 Å². The Labute approximate surface area is 187 Å². The molecule has 1 aromatic carbocycles. The number of anilines is 2. The minimum absolute atomic E-state index is 0.00616. The molecule has 2 amide bonds. The molecule has 2 heterocycles. The predicted octanol–water partition coefficient (Wildman–Crippen LogP) is 3.43. The zero-order chi connectivity index (χ0) is 21.8. The second-order valence-electron chi connectivity index (χ2n) is 7.97. The quantitative estimate of drug-likeness (QED) is 0.599. The number of amides is 2. The second kappa shape index (κ2) is 9.72. The van der Waals surface area contributed by atoms with Gasteiger partial charge in [-0.05, 0) is 63.8 Å². The van der Waals surface area contributed by atoms with Crippen LogP contribution in [0.4, 0.5) is 11.6 Å². The fourth-order valence-corrected chi connectivity index (χ4v) is 4.67. The molecule has 1 aromatic heterocycles. The summed E-state index contributed by atoms with van der Waals surface area (Å²) in [6, 6.07) is 7.53. The van der Waals surface area contributed by atoms with Crippen molar-refractivity contribution in [3.05, 3.63) is 29.8 Å². The van der Waals surface area contributed by atoms with Crippen molar-refractivity contribution in [3.8, 4) is 0 Å². The minimum Gasteiger partial charge on any atom is -0.341 e. The molecule has 2 aromatic rings. The Morgan fingerprint density at radius 3 is 2.39 bits per heavy atom. The average molecular weight is 443 g/mol. The molecule has 166 valence electrons. The third-order valence-electron chi connectivity index (χ3n) is 5.75. The van der Waals surface area contributed by atoms with Crippen molar-refractivity contribution >= 4 is 35.2 Å². The minimum atomic E-state index is -0.0964. The lowest BCUT2D eigenvalue weighted by Crippen LogP contribution is -2.30. The van der Waals surface area contributed by atoms with Crippen molar-refractivity contribution in [2.45, 2.75) is 50.7 Å². The number of hydrogen-bond acceptors (Lipinski definition) is 6. The van der Waals surface area contributed by atoms with E-state index in [4.69, 9.17) is 0 Å². The number of rotatable bonds is 9. The molecule has 0 spiro atoms. The summed E-state index contributed by atoms with van der Waals surface area (Å²) < 4.78 is 2.22. The zero-order valence-electron chi connectivity index (χ0n) is 18.2. The molecule has 0 unspecified atom stereocenters. The van der Waals surface area contributed by atoms with Gasteiger partial charge in [0.15, 0.2) is 5.16 Å². The summed E-state index contributed by atoms with van der Waals surface area (Å²) in [5, 5.41) is 12.5. The Bertz CT molecular complexity index is 915. The molecule has 0 radical (unpaired) electrons. The Morgan fingerprint density at radius 2 is 1.77 bits per heavy atom. The Morgan fingerprint density at radius 1 is 1.10 bits per heavy atom. The van der Waals surface area contributed by atoms with Gasteiger partial charge in [0.05, 0.1) is 5.75 Å². The highest BCUT2D eigenvalue weighted by Crippen LogP contribution is 2.41. The molecule has 1 aliphatic heterocycles. The molecule has 4 rings (SSSR count). The monoisotopic (exact) mass is 442 g/mol. The summed E-state index contributed by atoms with van der Waals surface area (Å²) >= 11 is 1.43. The van der Waals surface area contributed by atoms with Crippen LogP contribution in [0.5, 0.6) is 0 Å². The van der Waals surface area contributed by atoms with Gasteiger partial charge in [-0.1, -0.05) is 11.8 Å². The molecule has 8 nitrogen and oxygen atoms in total. The fraction of sp³-hybridized carbons (Fsp3) is 0.545. The van der Waals surface area contributed by atoms with Gasteiger partial charge in [0.1, 0.15) is 0 Å². The van der Waals surface area contributed by atoms with Crippen LogP contribution < -0.4 is 10.2 Å². The maximum absolute atomic E-state index is 12.5. The molecule has 0 atom stereocenters. The number of carbonyl (C=O) groups is 2. The summed E-state index contributed by atoms with van der Waals surface area (Å²) in [5.74, 6) is 1.13. The first-order valence-electron chi connectivity index (χ1n) is 11.1. The van der Waals surface area contributed by atoms with Crippen molar-refractivity contribution < 1.29 is 9.59 Å². The SMILES string of the molecule is CCN(CC)C(=O)c1ccc(NC(=O)CSc2nnc(N3CCCC3)n2C2CC2)cc1.